The molecule has 1 aromatic carbocycles. The third-order valence-corrected chi connectivity index (χ3v) is 7.74. The third kappa shape index (κ3) is 5.03. The lowest BCUT2D eigenvalue weighted by molar-refractivity contribution is 0.312. The molecule has 2 aliphatic heterocycles. The minimum absolute atomic E-state index is 0.0346. The molecule has 0 saturated carbocycles. The quantitative estimate of drug-likeness (QED) is 0.684. The maximum absolute atomic E-state index is 12.8. The average Bonchev–Trinajstić information content (AvgIpc) is 2.74. The summed E-state index contributed by atoms with van der Waals surface area (Å²) in [5, 5.41) is 9.35. The third-order valence-electron chi connectivity index (χ3n) is 5.66. The van der Waals surface area contributed by atoms with Crippen LogP contribution in [0, 0.1) is 0 Å². The van der Waals surface area contributed by atoms with E-state index >= 15 is 0 Å². The fourth-order valence-electron chi connectivity index (χ4n) is 3.82. The second kappa shape index (κ2) is 9.05. The van der Waals surface area contributed by atoms with Crippen molar-refractivity contribution in [2.75, 3.05) is 69.2 Å². The molecule has 10 heteroatoms. The molecule has 4 rings (SSSR count). The second-order valence-corrected chi connectivity index (χ2v) is 10.2. The Balaban J connectivity index is 1.34. The molecule has 8 nitrogen and oxygen atoms in total. The molecule has 0 unspecified atom stereocenters. The number of likely N-dealkylation sites (N-methyl/N-ethyl adjacent to an activating group) is 1. The molecule has 2 fully saturated rings. The van der Waals surface area contributed by atoms with Crippen LogP contribution in [-0.4, -0.2) is 87.2 Å². The van der Waals surface area contributed by atoms with Gasteiger partial charge < -0.3 is 14.7 Å². The number of aromatic nitrogens is 2. The van der Waals surface area contributed by atoms with E-state index in [0.29, 0.717) is 36.8 Å². The van der Waals surface area contributed by atoms with E-state index < -0.39 is 10.0 Å². The summed E-state index contributed by atoms with van der Waals surface area (Å²) in [5.74, 6) is 1.65. The number of anilines is 2. The van der Waals surface area contributed by atoms with Crippen molar-refractivity contribution in [3.05, 3.63) is 47.0 Å². The van der Waals surface area contributed by atoms with Crippen LogP contribution in [-0.2, 0) is 15.8 Å². The summed E-state index contributed by atoms with van der Waals surface area (Å²) in [6, 6.07) is 11.0. The molecular weight excluding hydrogens is 424 g/mol. The van der Waals surface area contributed by atoms with Gasteiger partial charge in [-0.05, 0) is 36.9 Å². The van der Waals surface area contributed by atoms with Gasteiger partial charge >= 0.3 is 0 Å². The summed E-state index contributed by atoms with van der Waals surface area (Å²) in [6.45, 7) is 6.01. The molecule has 2 aromatic rings. The summed E-state index contributed by atoms with van der Waals surface area (Å²) in [5.41, 5.74) is 0.704. The van der Waals surface area contributed by atoms with Gasteiger partial charge in [-0.25, -0.2) is 8.42 Å². The van der Waals surface area contributed by atoms with E-state index in [2.05, 4.69) is 31.9 Å². The van der Waals surface area contributed by atoms with Gasteiger partial charge in [0.15, 0.2) is 11.6 Å². The number of nitrogens with zero attached hydrogens (tertiary/aromatic N) is 6. The van der Waals surface area contributed by atoms with Crippen molar-refractivity contribution in [1.29, 1.82) is 0 Å². The van der Waals surface area contributed by atoms with E-state index in [1.165, 1.54) is 0 Å². The molecule has 2 aliphatic rings. The van der Waals surface area contributed by atoms with E-state index in [-0.39, 0.29) is 5.75 Å². The maximum atomic E-state index is 12.8. The Morgan fingerprint density at radius 2 is 1.43 bits per heavy atom. The summed E-state index contributed by atoms with van der Waals surface area (Å²) >= 11 is 5.98. The zero-order valence-electron chi connectivity index (χ0n) is 17.1. The molecule has 3 heterocycles. The Morgan fingerprint density at radius 1 is 0.867 bits per heavy atom. The molecule has 1 aromatic heterocycles. The van der Waals surface area contributed by atoms with Crippen LogP contribution >= 0.6 is 11.6 Å². The Bertz CT molecular complexity index is 956. The van der Waals surface area contributed by atoms with Gasteiger partial charge in [-0.2, -0.15) is 4.31 Å². The van der Waals surface area contributed by atoms with Crippen LogP contribution in [0.25, 0.3) is 0 Å². The summed E-state index contributed by atoms with van der Waals surface area (Å²) in [4.78, 5) is 6.64. The number of halogens is 1. The lowest BCUT2D eigenvalue weighted by Gasteiger charge is -2.35. The first-order valence-electron chi connectivity index (χ1n) is 10.2. The van der Waals surface area contributed by atoms with Crippen molar-refractivity contribution in [2.24, 2.45) is 0 Å². The van der Waals surface area contributed by atoms with Gasteiger partial charge in [0.2, 0.25) is 10.0 Å². The molecule has 0 aliphatic carbocycles. The van der Waals surface area contributed by atoms with Crippen LogP contribution in [0.4, 0.5) is 11.6 Å². The number of benzene rings is 1. The van der Waals surface area contributed by atoms with Gasteiger partial charge in [0.05, 0.1) is 5.75 Å². The molecular formula is C20H27ClN6O2S. The minimum atomic E-state index is -3.38. The average molecular weight is 451 g/mol. The van der Waals surface area contributed by atoms with Crippen LogP contribution in [0.2, 0.25) is 5.02 Å². The van der Waals surface area contributed by atoms with Crippen molar-refractivity contribution in [1.82, 2.24) is 19.4 Å². The number of hydrogen-bond acceptors (Lipinski definition) is 7. The van der Waals surface area contributed by atoms with Crippen LogP contribution < -0.4 is 9.80 Å². The highest BCUT2D eigenvalue weighted by Crippen LogP contribution is 2.20. The molecule has 162 valence electrons. The standard InChI is InChI=1S/C20H27ClN6O2S/c1-24-7-9-25(10-8-24)19-5-6-20(23-22-19)26-11-13-27(14-12-26)30(28,29)16-17-3-2-4-18(21)15-17/h2-6,15H,7-14,16H2,1H3. The molecule has 0 spiro atoms. The van der Waals surface area contributed by atoms with Crippen LogP contribution in [0.15, 0.2) is 36.4 Å². The molecule has 0 amide bonds. The van der Waals surface area contributed by atoms with Crippen LogP contribution in [0.1, 0.15) is 5.56 Å². The predicted molar refractivity (Wildman–Crippen MR) is 120 cm³/mol. The first kappa shape index (κ1) is 21.3. The molecule has 0 atom stereocenters. The highest BCUT2D eigenvalue weighted by atomic mass is 35.5. The summed E-state index contributed by atoms with van der Waals surface area (Å²) in [7, 11) is -1.26. The minimum Gasteiger partial charge on any atom is -0.353 e. The normalized spacial score (nSPS) is 19.3. The predicted octanol–water partition coefficient (Wildman–Crippen LogP) is 1.53. The first-order chi connectivity index (χ1) is 14.4. The zero-order valence-corrected chi connectivity index (χ0v) is 18.7. The number of sulfonamides is 1. The van der Waals surface area contributed by atoms with E-state index in [4.69, 9.17) is 11.6 Å². The van der Waals surface area contributed by atoms with E-state index in [1.54, 1.807) is 28.6 Å². The molecule has 0 radical (unpaired) electrons. The molecule has 2 saturated heterocycles. The highest BCUT2D eigenvalue weighted by Gasteiger charge is 2.28. The Hall–Kier alpha value is -1.94. The van der Waals surface area contributed by atoms with Gasteiger partial charge in [0, 0.05) is 57.4 Å². The second-order valence-electron chi connectivity index (χ2n) is 7.81. The van der Waals surface area contributed by atoms with Crippen LogP contribution in [0.5, 0.6) is 0 Å². The number of hydrogen-bond donors (Lipinski definition) is 0. The number of rotatable bonds is 5. The van der Waals surface area contributed by atoms with Gasteiger partial charge in [0.25, 0.3) is 0 Å². The SMILES string of the molecule is CN1CCN(c2ccc(N3CCN(S(=O)(=O)Cc4cccc(Cl)c4)CC3)nn2)CC1. The highest BCUT2D eigenvalue weighted by molar-refractivity contribution is 7.88. The number of piperazine rings is 2. The van der Waals surface area contributed by atoms with Crippen molar-refractivity contribution in [3.63, 3.8) is 0 Å². The maximum Gasteiger partial charge on any atom is 0.218 e. The van der Waals surface area contributed by atoms with Crippen molar-refractivity contribution >= 4 is 33.3 Å². The summed E-state index contributed by atoms with van der Waals surface area (Å²) in [6.07, 6.45) is 0. The molecule has 0 N–H and O–H groups in total. The Labute approximate surface area is 183 Å². The van der Waals surface area contributed by atoms with E-state index in [1.807, 2.05) is 12.1 Å². The van der Waals surface area contributed by atoms with Gasteiger partial charge in [-0.3, -0.25) is 0 Å². The zero-order chi connectivity index (χ0) is 21.1. The van der Waals surface area contributed by atoms with Gasteiger partial charge in [-0.15, -0.1) is 10.2 Å². The van der Waals surface area contributed by atoms with Gasteiger partial charge in [-0.1, -0.05) is 23.7 Å². The molecule has 0 bridgehead atoms. The van der Waals surface area contributed by atoms with Crippen molar-refractivity contribution in [3.8, 4) is 0 Å². The Kier molecular flexibility index (Phi) is 6.43. The lowest BCUT2D eigenvalue weighted by Crippen LogP contribution is -2.49. The van der Waals surface area contributed by atoms with E-state index in [0.717, 1.165) is 37.8 Å². The van der Waals surface area contributed by atoms with Gasteiger partial charge in [0.1, 0.15) is 0 Å². The monoisotopic (exact) mass is 450 g/mol. The molecule has 30 heavy (non-hydrogen) atoms. The van der Waals surface area contributed by atoms with E-state index in [9.17, 15) is 8.42 Å². The Morgan fingerprint density at radius 3 is 1.97 bits per heavy atom. The first-order valence-corrected chi connectivity index (χ1v) is 12.1. The fraction of sp³-hybridized carbons (Fsp3) is 0.500. The van der Waals surface area contributed by atoms with Crippen molar-refractivity contribution < 1.29 is 8.42 Å². The summed E-state index contributed by atoms with van der Waals surface area (Å²) < 4.78 is 27.1. The topological polar surface area (TPSA) is 72.9 Å². The fourth-order valence-corrected chi connectivity index (χ4v) is 5.53. The lowest BCUT2D eigenvalue weighted by atomic mass is 10.2. The van der Waals surface area contributed by atoms with Crippen LogP contribution in [0.3, 0.4) is 0 Å². The largest absolute Gasteiger partial charge is 0.353 e. The van der Waals surface area contributed by atoms with Crippen molar-refractivity contribution in [2.45, 2.75) is 5.75 Å². The smallest absolute Gasteiger partial charge is 0.218 e.